The summed E-state index contributed by atoms with van der Waals surface area (Å²) in [5, 5.41) is 12.3. The number of aryl methyl sites for hydroxylation is 4. The number of nitrogens with zero attached hydrogens (tertiary/aromatic N) is 4. The minimum atomic E-state index is -0.0932. The molecule has 1 aromatic carbocycles. The molecule has 0 spiro atoms. The van der Waals surface area contributed by atoms with Gasteiger partial charge in [-0.05, 0) is 106 Å². The van der Waals surface area contributed by atoms with E-state index >= 15 is 0 Å². The molecule has 0 radical (unpaired) electrons. The van der Waals surface area contributed by atoms with Crippen LogP contribution in [0, 0.1) is 40.4 Å². The zero-order valence-corrected chi connectivity index (χ0v) is 28.2. The summed E-state index contributed by atoms with van der Waals surface area (Å²) in [4.78, 5) is 0. The first-order chi connectivity index (χ1) is 18.9. The molecule has 4 nitrogen and oxygen atoms in total. The maximum Gasteiger partial charge on any atom is 0.126 e. The van der Waals surface area contributed by atoms with Crippen molar-refractivity contribution in [3.05, 3.63) is 82.2 Å². The highest BCUT2D eigenvalue weighted by atomic mass is 19.1. The maximum atomic E-state index is 13.1. The van der Waals surface area contributed by atoms with Crippen LogP contribution in [0.4, 0.5) is 4.39 Å². The van der Waals surface area contributed by atoms with Crippen LogP contribution in [-0.4, -0.2) is 20.0 Å². The Labute approximate surface area is 246 Å². The van der Waals surface area contributed by atoms with Gasteiger partial charge in [-0.15, -0.1) is 0 Å². The van der Waals surface area contributed by atoms with Crippen molar-refractivity contribution in [2.24, 2.45) is 0 Å². The number of rotatable bonds is 7. The van der Waals surface area contributed by atoms with Crippen LogP contribution in [0.15, 0.2) is 37.2 Å². The fraction of sp³-hybridized carbons (Fsp3) is 0.571. The van der Waals surface area contributed by atoms with Crippen molar-refractivity contribution in [1.82, 2.24) is 20.0 Å². The molecule has 0 aliphatic heterocycles. The van der Waals surface area contributed by atoms with Crippen LogP contribution < -0.4 is 0 Å². The zero-order valence-electron chi connectivity index (χ0n) is 28.2. The summed E-state index contributed by atoms with van der Waals surface area (Å²) in [6.45, 7) is 32.3. The molecule has 3 rings (SSSR count). The third kappa shape index (κ3) is 14.0. The molecule has 0 bridgehead atoms. The van der Waals surface area contributed by atoms with E-state index in [0.717, 1.165) is 33.7 Å². The van der Waals surface area contributed by atoms with Gasteiger partial charge in [0.15, 0.2) is 0 Å². The average Bonchev–Trinajstić information content (AvgIpc) is 3.37. The van der Waals surface area contributed by atoms with Gasteiger partial charge in [0.05, 0.1) is 23.6 Å². The van der Waals surface area contributed by atoms with Crippen molar-refractivity contribution >= 4 is 5.57 Å². The summed E-state index contributed by atoms with van der Waals surface area (Å²) in [5.41, 5.74) is 8.38. The second-order valence-electron chi connectivity index (χ2n) is 10.1. The molecule has 0 saturated carbocycles. The topological polar surface area (TPSA) is 43.6 Å². The Kier molecular flexibility index (Phi) is 21.6. The average molecular weight is 555 g/mol. The summed E-state index contributed by atoms with van der Waals surface area (Å²) in [5.74, 6) is 0.310. The summed E-state index contributed by atoms with van der Waals surface area (Å²) in [6.07, 6.45) is 9.06. The first kappa shape index (κ1) is 39.3. The molecule has 40 heavy (non-hydrogen) atoms. The van der Waals surface area contributed by atoms with Gasteiger partial charge in [0.2, 0.25) is 0 Å². The van der Waals surface area contributed by atoms with E-state index in [1.165, 1.54) is 42.9 Å². The number of aromatic nitrogens is 4. The molecular formula is C35H59FN4. The van der Waals surface area contributed by atoms with Gasteiger partial charge in [-0.2, -0.15) is 15.3 Å². The van der Waals surface area contributed by atoms with E-state index in [1.807, 2.05) is 80.6 Å². The monoisotopic (exact) mass is 554 g/mol. The molecule has 0 fully saturated rings. The minimum Gasteiger partial charge on any atom is -0.269 e. The van der Waals surface area contributed by atoms with Gasteiger partial charge in [0, 0.05) is 6.20 Å². The van der Waals surface area contributed by atoms with Gasteiger partial charge >= 0.3 is 0 Å². The van der Waals surface area contributed by atoms with Crippen LogP contribution in [0.25, 0.3) is 5.57 Å². The summed E-state index contributed by atoms with van der Waals surface area (Å²) >= 11 is 0. The molecular weight excluding hydrogens is 495 g/mol. The SMILES string of the molecule is C=C(C)c1cc(C)c(C)nn1.CC.CC.CCCC(CCC)n1cc(C)cn1.Cc1ccc(F)c(C)c1C(C)C. The molecule has 0 unspecified atom stereocenters. The largest absolute Gasteiger partial charge is 0.269 e. The van der Waals surface area contributed by atoms with E-state index in [9.17, 15) is 4.39 Å². The molecule has 0 aliphatic rings. The lowest BCUT2D eigenvalue weighted by molar-refractivity contribution is 0.391. The zero-order chi connectivity index (χ0) is 31.4. The highest BCUT2D eigenvalue weighted by Crippen LogP contribution is 2.24. The van der Waals surface area contributed by atoms with Crippen molar-refractivity contribution in [2.45, 2.75) is 135 Å². The summed E-state index contributed by atoms with van der Waals surface area (Å²) in [6, 6.07) is 6.00. The van der Waals surface area contributed by atoms with Crippen LogP contribution in [0.5, 0.6) is 0 Å². The van der Waals surface area contributed by atoms with Crippen molar-refractivity contribution in [3.63, 3.8) is 0 Å². The van der Waals surface area contributed by atoms with Gasteiger partial charge in [0.25, 0.3) is 0 Å². The second-order valence-corrected chi connectivity index (χ2v) is 10.1. The third-order valence-electron chi connectivity index (χ3n) is 6.26. The van der Waals surface area contributed by atoms with Gasteiger partial charge in [-0.1, -0.05) is 80.9 Å². The predicted molar refractivity (Wildman–Crippen MR) is 175 cm³/mol. The number of allylic oxidation sites excluding steroid dienone is 1. The lowest BCUT2D eigenvalue weighted by Gasteiger charge is -2.15. The molecule has 0 aliphatic carbocycles. The molecule has 0 saturated heterocycles. The molecule has 0 atom stereocenters. The van der Waals surface area contributed by atoms with Gasteiger partial charge in [-0.25, -0.2) is 4.39 Å². The lowest BCUT2D eigenvalue weighted by atomic mass is 9.93. The molecule has 0 N–H and O–H groups in total. The molecule has 2 heterocycles. The lowest BCUT2D eigenvalue weighted by Crippen LogP contribution is -2.08. The smallest absolute Gasteiger partial charge is 0.126 e. The van der Waals surface area contributed by atoms with E-state index < -0.39 is 0 Å². The number of benzene rings is 1. The van der Waals surface area contributed by atoms with Crippen molar-refractivity contribution in [2.75, 3.05) is 0 Å². The van der Waals surface area contributed by atoms with Crippen LogP contribution in [0.3, 0.4) is 0 Å². The van der Waals surface area contributed by atoms with E-state index in [1.54, 1.807) is 0 Å². The van der Waals surface area contributed by atoms with Crippen LogP contribution >= 0.6 is 0 Å². The van der Waals surface area contributed by atoms with Crippen LogP contribution in [-0.2, 0) is 0 Å². The van der Waals surface area contributed by atoms with Gasteiger partial charge in [-0.3, -0.25) is 4.68 Å². The van der Waals surface area contributed by atoms with E-state index in [-0.39, 0.29) is 5.82 Å². The van der Waals surface area contributed by atoms with Crippen molar-refractivity contribution in [1.29, 1.82) is 0 Å². The first-order valence-electron chi connectivity index (χ1n) is 15.2. The van der Waals surface area contributed by atoms with Gasteiger partial charge in [0.1, 0.15) is 5.82 Å². The Morgan fingerprint density at radius 1 is 0.900 bits per heavy atom. The molecule has 2 aromatic heterocycles. The fourth-order valence-electron chi connectivity index (χ4n) is 4.19. The van der Waals surface area contributed by atoms with E-state index in [0.29, 0.717) is 12.0 Å². The number of hydrogen-bond acceptors (Lipinski definition) is 3. The Hall–Kier alpha value is -2.82. The quantitative estimate of drug-likeness (QED) is 0.292. The fourth-order valence-corrected chi connectivity index (χ4v) is 4.19. The Bertz CT molecular complexity index is 1090. The third-order valence-corrected chi connectivity index (χ3v) is 6.26. The predicted octanol–water partition coefficient (Wildman–Crippen LogP) is 11.1. The Balaban J connectivity index is 0. The van der Waals surface area contributed by atoms with Gasteiger partial charge < -0.3 is 0 Å². The molecule has 5 heteroatoms. The molecule has 3 aromatic rings. The molecule has 226 valence electrons. The summed E-state index contributed by atoms with van der Waals surface area (Å²) < 4.78 is 15.2. The first-order valence-corrected chi connectivity index (χ1v) is 15.2. The highest BCUT2D eigenvalue weighted by molar-refractivity contribution is 5.57. The Morgan fingerprint density at radius 2 is 1.45 bits per heavy atom. The van der Waals surface area contributed by atoms with Crippen molar-refractivity contribution in [3.8, 4) is 0 Å². The maximum absolute atomic E-state index is 13.1. The summed E-state index contributed by atoms with van der Waals surface area (Å²) in [7, 11) is 0. The van der Waals surface area contributed by atoms with Crippen molar-refractivity contribution < 1.29 is 4.39 Å². The van der Waals surface area contributed by atoms with E-state index in [4.69, 9.17) is 0 Å². The highest BCUT2D eigenvalue weighted by Gasteiger charge is 2.10. The number of hydrogen-bond donors (Lipinski definition) is 0. The normalized spacial score (nSPS) is 9.82. The van der Waals surface area contributed by atoms with Crippen LogP contribution in [0.2, 0.25) is 0 Å². The van der Waals surface area contributed by atoms with Crippen LogP contribution in [0.1, 0.15) is 139 Å². The minimum absolute atomic E-state index is 0.0932. The number of halogens is 1. The van der Waals surface area contributed by atoms with E-state index in [2.05, 4.69) is 67.4 Å². The standard InChI is InChI=1S/C11H15F.C11H20N2.C9H12N2.2C2H6/c1-7(2)11-8(3)5-6-10(12)9(11)4;1-4-6-11(7-5-2)13-9-10(3)8-12-13;1-6(2)9-5-7(3)8(4)10-11-9;2*1-2/h5-7H,1-4H3;8-9,11H,4-7H2,1-3H3;5H,1H2,2-4H3;2*1-2H3. The Morgan fingerprint density at radius 3 is 1.82 bits per heavy atom. The molecule has 0 amide bonds. The second kappa shape index (κ2) is 21.9.